The summed E-state index contributed by atoms with van der Waals surface area (Å²) in [5.41, 5.74) is 0. The summed E-state index contributed by atoms with van der Waals surface area (Å²) < 4.78 is 5.31. The molecule has 2 fully saturated rings. The molecule has 0 aromatic heterocycles. The zero-order valence-corrected chi connectivity index (χ0v) is 8.28. The molecule has 1 aliphatic carbocycles. The SMILES string of the molecule is CN(CC(O)C1CC1)C1CCOC1. The molecule has 13 heavy (non-hydrogen) atoms. The molecule has 2 rings (SSSR count). The van der Waals surface area contributed by atoms with Gasteiger partial charge in [0.25, 0.3) is 0 Å². The number of hydrogen-bond donors (Lipinski definition) is 1. The van der Waals surface area contributed by atoms with Gasteiger partial charge < -0.3 is 9.84 Å². The fraction of sp³-hybridized carbons (Fsp3) is 1.00. The predicted molar refractivity (Wildman–Crippen MR) is 50.6 cm³/mol. The van der Waals surface area contributed by atoms with E-state index < -0.39 is 0 Å². The first-order chi connectivity index (χ1) is 6.27. The Hall–Kier alpha value is -0.120. The molecule has 0 bridgehead atoms. The Bertz CT molecular complexity index is 164. The molecular weight excluding hydrogens is 166 g/mol. The monoisotopic (exact) mass is 185 g/mol. The summed E-state index contributed by atoms with van der Waals surface area (Å²) in [7, 11) is 2.09. The molecule has 76 valence electrons. The van der Waals surface area contributed by atoms with Crippen LogP contribution < -0.4 is 0 Å². The van der Waals surface area contributed by atoms with E-state index in [1.165, 1.54) is 12.8 Å². The van der Waals surface area contributed by atoms with Crippen LogP contribution in [0.5, 0.6) is 0 Å². The number of aliphatic hydroxyl groups is 1. The summed E-state index contributed by atoms with van der Waals surface area (Å²) >= 11 is 0. The summed E-state index contributed by atoms with van der Waals surface area (Å²) in [5.74, 6) is 0.588. The van der Waals surface area contributed by atoms with Gasteiger partial charge in [-0.3, -0.25) is 4.90 Å². The molecule has 1 saturated carbocycles. The highest BCUT2D eigenvalue weighted by Crippen LogP contribution is 2.33. The summed E-state index contributed by atoms with van der Waals surface area (Å²) in [6, 6.07) is 0.536. The molecule has 3 nitrogen and oxygen atoms in total. The van der Waals surface area contributed by atoms with Gasteiger partial charge in [0.05, 0.1) is 12.7 Å². The van der Waals surface area contributed by atoms with E-state index in [0.29, 0.717) is 12.0 Å². The molecule has 2 unspecified atom stereocenters. The van der Waals surface area contributed by atoms with Crippen molar-refractivity contribution in [1.82, 2.24) is 4.90 Å². The van der Waals surface area contributed by atoms with Crippen LogP contribution in [0.25, 0.3) is 0 Å². The highest BCUT2D eigenvalue weighted by molar-refractivity contribution is 4.84. The molecule has 0 amide bonds. The normalized spacial score (nSPS) is 31.2. The van der Waals surface area contributed by atoms with Crippen molar-refractivity contribution in [2.45, 2.75) is 31.4 Å². The summed E-state index contributed by atoms with van der Waals surface area (Å²) in [6.07, 6.45) is 3.45. The molecule has 0 aromatic rings. The third kappa shape index (κ3) is 2.42. The van der Waals surface area contributed by atoms with Crippen molar-refractivity contribution in [3.63, 3.8) is 0 Å². The van der Waals surface area contributed by atoms with Gasteiger partial charge >= 0.3 is 0 Å². The summed E-state index contributed by atoms with van der Waals surface area (Å²) in [6.45, 7) is 2.54. The maximum absolute atomic E-state index is 9.74. The number of aliphatic hydroxyl groups excluding tert-OH is 1. The van der Waals surface area contributed by atoms with E-state index in [2.05, 4.69) is 11.9 Å². The Labute approximate surface area is 79.7 Å². The maximum Gasteiger partial charge on any atom is 0.0695 e. The summed E-state index contributed by atoms with van der Waals surface area (Å²) in [5, 5.41) is 9.74. The van der Waals surface area contributed by atoms with E-state index in [-0.39, 0.29) is 6.10 Å². The topological polar surface area (TPSA) is 32.7 Å². The second kappa shape index (κ2) is 3.95. The third-order valence-corrected chi connectivity index (χ3v) is 3.17. The molecule has 2 atom stereocenters. The lowest BCUT2D eigenvalue weighted by Gasteiger charge is -2.25. The Kier molecular flexibility index (Phi) is 2.86. The minimum atomic E-state index is -0.106. The Morgan fingerprint density at radius 3 is 2.77 bits per heavy atom. The lowest BCUT2D eigenvalue weighted by atomic mass is 10.2. The first-order valence-electron chi connectivity index (χ1n) is 5.23. The van der Waals surface area contributed by atoms with Gasteiger partial charge in [-0.05, 0) is 32.2 Å². The van der Waals surface area contributed by atoms with E-state index in [0.717, 1.165) is 26.2 Å². The average molecular weight is 185 g/mol. The van der Waals surface area contributed by atoms with Gasteiger partial charge in [0.1, 0.15) is 0 Å². The Morgan fingerprint density at radius 1 is 1.46 bits per heavy atom. The van der Waals surface area contributed by atoms with Crippen molar-refractivity contribution in [2.75, 3.05) is 26.8 Å². The highest BCUT2D eigenvalue weighted by atomic mass is 16.5. The van der Waals surface area contributed by atoms with Crippen LogP contribution in [0.3, 0.4) is 0 Å². The molecular formula is C10H19NO2. The lowest BCUT2D eigenvalue weighted by Crippen LogP contribution is -2.38. The molecule has 1 heterocycles. The van der Waals surface area contributed by atoms with Crippen molar-refractivity contribution in [3.8, 4) is 0 Å². The number of hydrogen-bond acceptors (Lipinski definition) is 3. The minimum absolute atomic E-state index is 0.106. The molecule has 0 radical (unpaired) electrons. The highest BCUT2D eigenvalue weighted by Gasteiger charge is 2.32. The van der Waals surface area contributed by atoms with E-state index >= 15 is 0 Å². The standard InChI is InChI=1S/C10H19NO2/c1-11(9-4-5-13-7-9)6-10(12)8-2-3-8/h8-10,12H,2-7H2,1H3. The number of nitrogens with zero attached hydrogens (tertiary/aromatic N) is 1. The van der Waals surface area contributed by atoms with Gasteiger partial charge in [0.2, 0.25) is 0 Å². The third-order valence-electron chi connectivity index (χ3n) is 3.17. The van der Waals surface area contributed by atoms with Gasteiger partial charge in [0.15, 0.2) is 0 Å². The molecule has 0 spiro atoms. The van der Waals surface area contributed by atoms with Gasteiger partial charge in [-0.15, -0.1) is 0 Å². The Morgan fingerprint density at radius 2 is 2.23 bits per heavy atom. The molecule has 1 aliphatic heterocycles. The van der Waals surface area contributed by atoms with Crippen molar-refractivity contribution in [3.05, 3.63) is 0 Å². The van der Waals surface area contributed by atoms with Crippen molar-refractivity contribution >= 4 is 0 Å². The second-order valence-corrected chi connectivity index (χ2v) is 4.36. The first kappa shape index (κ1) is 9.44. The number of rotatable bonds is 4. The van der Waals surface area contributed by atoms with Crippen LogP contribution in [-0.4, -0.2) is 49.0 Å². The fourth-order valence-corrected chi connectivity index (χ4v) is 1.94. The van der Waals surface area contributed by atoms with E-state index in [4.69, 9.17) is 4.74 Å². The van der Waals surface area contributed by atoms with Gasteiger partial charge in [-0.1, -0.05) is 0 Å². The smallest absolute Gasteiger partial charge is 0.0695 e. The van der Waals surface area contributed by atoms with Crippen LogP contribution in [0, 0.1) is 5.92 Å². The lowest BCUT2D eigenvalue weighted by molar-refractivity contribution is 0.0814. The van der Waals surface area contributed by atoms with E-state index in [1.807, 2.05) is 0 Å². The van der Waals surface area contributed by atoms with Crippen LogP contribution in [-0.2, 0) is 4.74 Å². The Balaban J connectivity index is 1.72. The number of likely N-dealkylation sites (N-methyl/N-ethyl adjacent to an activating group) is 1. The van der Waals surface area contributed by atoms with Crippen LogP contribution in [0.2, 0.25) is 0 Å². The van der Waals surface area contributed by atoms with Gasteiger partial charge in [0, 0.05) is 19.2 Å². The van der Waals surface area contributed by atoms with E-state index in [9.17, 15) is 5.11 Å². The zero-order chi connectivity index (χ0) is 9.26. The van der Waals surface area contributed by atoms with Crippen molar-refractivity contribution in [1.29, 1.82) is 0 Å². The van der Waals surface area contributed by atoms with Crippen LogP contribution in [0.4, 0.5) is 0 Å². The molecule has 0 aromatic carbocycles. The largest absolute Gasteiger partial charge is 0.392 e. The van der Waals surface area contributed by atoms with Crippen LogP contribution in [0.1, 0.15) is 19.3 Å². The van der Waals surface area contributed by atoms with Crippen LogP contribution in [0.15, 0.2) is 0 Å². The van der Waals surface area contributed by atoms with Crippen LogP contribution >= 0.6 is 0 Å². The second-order valence-electron chi connectivity index (χ2n) is 4.36. The van der Waals surface area contributed by atoms with Gasteiger partial charge in [-0.2, -0.15) is 0 Å². The zero-order valence-electron chi connectivity index (χ0n) is 8.28. The van der Waals surface area contributed by atoms with Gasteiger partial charge in [-0.25, -0.2) is 0 Å². The number of ether oxygens (including phenoxy) is 1. The first-order valence-corrected chi connectivity index (χ1v) is 5.23. The quantitative estimate of drug-likeness (QED) is 0.691. The maximum atomic E-state index is 9.74. The molecule has 1 N–H and O–H groups in total. The molecule has 2 aliphatic rings. The summed E-state index contributed by atoms with van der Waals surface area (Å²) in [4.78, 5) is 2.25. The van der Waals surface area contributed by atoms with E-state index in [1.54, 1.807) is 0 Å². The van der Waals surface area contributed by atoms with Crippen molar-refractivity contribution < 1.29 is 9.84 Å². The predicted octanol–water partition coefficient (Wildman–Crippen LogP) is 0.478. The average Bonchev–Trinajstić information content (AvgIpc) is 2.81. The molecule has 3 heteroatoms. The molecule has 1 saturated heterocycles. The fourth-order valence-electron chi connectivity index (χ4n) is 1.94. The van der Waals surface area contributed by atoms with Crippen molar-refractivity contribution in [2.24, 2.45) is 5.92 Å². The minimum Gasteiger partial charge on any atom is -0.392 e.